The van der Waals surface area contributed by atoms with Crippen LogP contribution in [-0.2, 0) is 14.4 Å². The summed E-state index contributed by atoms with van der Waals surface area (Å²) in [6.07, 6.45) is 1.24. The first-order valence-electron chi connectivity index (χ1n) is 6.26. The van der Waals surface area contributed by atoms with Crippen LogP contribution >= 0.6 is 11.6 Å². The van der Waals surface area contributed by atoms with E-state index in [1.54, 1.807) is 13.0 Å². The summed E-state index contributed by atoms with van der Waals surface area (Å²) in [6.45, 7) is 1.70. The minimum atomic E-state index is -0.903. The van der Waals surface area contributed by atoms with Crippen LogP contribution in [0.2, 0.25) is 5.02 Å². The molecule has 0 spiro atoms. The minimum absolute atomic E-state index is 0.305. The van der Waals surface area contributed by atoms with Crippen LogP contribution in [-0.4, -0.2) is 37.1 Å². The Balaban J connectivity index is 2.76. The molecule has 8 nitrogen and oxygen atoms in total. The lowest BCUT2D eigenvalue weighted by Crippen LogP contribution is -2.37. The zero-order chi connectivity index (χ0) is 16.5. The second-order valence-electron chi connectivity index (χ2n) is 4.00. The van der Waals surface area contributed by atoms with Crippen molar-refractivity contribution in [2.45, 2.75) is 6.92 Å². The number of nitrogens with one attached hydrogen (secondary N) is 2. The summed E-state index contributed by atoms with van der Waals surface area (Å²) >= 11 is 5.85. The van der Waals surface area contributed by atoms with Gasteiger partial charge in [0, 0.05) is 17.1 Å². The smallest absolute Gasteiger partial charge is 0.329 e. The fourth-order valence-electron chi connectivity index (χ4n) is 1.35. The number of benzene rings is 1. The molecule has 4 N–H and O–H groups in total. The first-order chi connectivity index (χ1) is 10.4. The van der Waals surface area contributed by atoms with Crippen LogP contribution in [0.15, 0.2) is 23.3 Å². The van der Waals surface area contributed by atoms with E-state index in [0.29, 0.717) is 22.9 Å². The predicted molar refractivity (Wildman–Crippen MR) is 80.6 cm³/mol. The van der Waals surface area contributed by atoms with Crippen LogP contribution in [0.4, 0.5) is 0 Å². The normalized spacial score (nSPS) is 10.3. The second-order valence-corrected chi connectivity index (χ2v) is 4.43. The van der Waals surface area contributed by atoms with Crippen molar-refractivity contribution in [1.82, 2.24) is 10.7 Å². The first-order valence-corrected chi connectivity index (χ1v) is 6.63. The number of carbonyl (C=O) groups excluding carboxylic acids is 3. The molecule has 0 bridgehead atoms. The Morgan fingerprint density at radius 1 is 1.36 bits per heavy atom. The summed E-state index contributed by atoms with van der Waals surface area (Å²) in [5.74, 6) is -2.03. The van der Waals surface area contributed by atoms with E-state index < -0.39 is 17.7 Å². The maximum atomic E-state index is 11.3. The molecule has 0 radical (unpaired) electrons. The highest BCUT2D eigenvalue weighted by Crippen LogP contribution is 2.21. The lowest BCUT2D eigenvalue weighted by Gasteiger charge is -2.07. The van der Waals surface area contributed by atoms with Crippen LogP contribution < -0.4 is 21.2 Å². The number of hydrogen-bond acceptors (Lipinski definition) is 5. The molecule has 0 unspecified atom stereocenters. The van der Waals surface area contributed by atoms with E-state index in [2.05, 4.69) is 15.8 Å². The number of amides is 3. The summed E-state index contributed by atoms with van der Waals surface area (Å²) < 4.78 is 5.18. The maximum absolute atomic E-state index is 11.3. The van der Waals surface area contributed by atoms with Crippen molar-refractivity contribution in [1.29, 1.82) is 0 Å². The first kappa shape index (κ1) is 17.4. The summed E-state index contributed by atoms with van der Waals surface area (Å²) in [4.78, 5) is 33.3. The zero-order valence-electron chi connectivity index (χ0n) is 11.8. The Labute approximate surface area is 131 Å². The van der Waals surface area contributed by atoms with E-state index in [1.807, 2.05) is 0 Å². The monoisotopic (exact) mass is 326 g/mol. The highest BCUT2D eigenvalue weighted by atomic mass is 35.5. The van der Waals surface area contributed by atoms with Gasteiger partial charge in [0.05, 0.1) is 6.21 Å². The van der Waals surface area contributed by atoms with Crippen LogP contribution in [0.5, 0.6) is 5.75 Å². The molecule has 1 aromatic rings. The van der Waals surface area contributed by atoms with Gasteiger partial charge >= 0.3 is 11.8 Å². The zero-order valence-corrected chi connectivity index (χ0v) is 12.5. The third kappa shape index (κ3) is 5.80. The van der Waals surface area contributed by atoms with Crippen molar-refractivity contribution in [2.24, 2.45) is 10.8 Å². The number of halogens is 1. The van der Waals surface area contributed by atoms with E-state index >= 15 is 0 Å². The number of rotatable bonds is 6. The van der Waals surface area contributed by atoms with Gasteiger partial charge in [-0.3, -0.25) is 14.4 Å². The summed E-state index contributed by atoms with van der Waals surface area (Å²) in [5, 5.41) is 6.36. The van der Waals surface area contributed by atoms with E-state index in [9.17, 15) is 14.4 Å². The third-order valence-corrected chi connectivity index (χ3v) is 2.49. The molecule has 0 aromatic heterocycles. The molecular formula is C13H15ClN4O4. The summed E-state index contributed by atoms with van der Waals surface area (Å²) in [6, 6.07) is 4.60. The van der Waals surface area contributed by atoms with E-state index in [0.717, 1.165) is 0 Å². The van der Waals surface area contributed by atoms with Crippen molar-refractivity contribution in [2.75, 3.05) is 13.2 Å². The van der Waals surface area contributed by atoms with Gasteiger partial charge in [-0.1, -0.05) is 11.6 Å². The third-order valence-electron chi connectivity index (χ3n) is 2.26. The van der Waals surface area contributed by atoms with E-state index in [1.165, 1.54) is 18.3 Å². The molecule has 0 atom stereocenters. The molecule has 1 rings (SSSR count). The Bertz CT molecular complexity index is 604. The molecule has 9 heteroatoms. The van der Waals surface area contributed by atoms with Gasteiger partial charge in [-0.25, -0.2) is 5.43 Å². The number of nitrogens with two attached hydrogens (primary N) is 1. The van der Waals surface area contributed by atoms with Crippen LogP contribution in [0.1, 0.15) is 12.5 Å². The van der Waals surface area contributed by atoms with E-state index in [-0.39, 0.29) is 6.61 Å². The second kappa shape index (κ2) is 8.63. The van der Waals surface area contributed by atoms with Gasteiger partial charge in [0.2, 0.25) is 0 Å². The lowest BCUT2D eigenvalue weighted by atomic mass is 10.2. The molecule has 0 saturated carbocycles. The van der Waals surface area contributed by atoms with Crippen molar-refractivity contribution in [3.05, 3.63) is 28.8 Å². The van der Waals surface area contributed by atoms with Crippen molar-refractivity contribution in [3.8, 4) is 5.75 Å². The molecule has 0 aliphatic carbocycles. The van der Waals surface area contributed by atoms with E-state index in [4.69, 9.17) is 22.1 Å². The van der Waals surface area contributed by atoms with Gasteiger partial charge in [0.25, 0.3) is 5.91 Å². The maximum Gasteiger partial charge on any atom is 0.329 e. The van der Waals surface area contributed by atoms with Gasteiger partial charge < -0.3 is 15.8 Å². The Morgan fingerprint density at radius 2 is 2.09 bits per heavy atom. The van der Waals surface area contributed by atoms with Crippen LogP contribution in [0, 0.1) is 0 Å². The quantitative estimate of drug-likeness (QED) is 0.380. The number of ether oxygens (including phenoxy) is 1. The van der Waals surface area contributed by atoms with Crippen molar-refractivity contribution in [3.63, 3.8) is 0 Å². The van der Waals surface area contributed by atoms with Gasteiger partial charge in [0.1, 0.15) is 5.75 Å². The van der Waals surface area contributed by atoms with Crippen LogP contribution in [0.25, 0.3) is 0 Å². The fourth-order valence-corrected chi connectivity index (χ4v) is 1.53. The largest absolute Gasteiger partial charge is 0.483 e. The SMILES string of the molecule is CCNC(=O)C(=O)N/N=C\c1cc(Cl)ccc1OCC(N)=O. The van der Waals surface area contributed by atoms with Crippen molar-refractivity contribution >= 4 is 35.5 Å². The number of carbonyl (C=O) groups is 3. The molecule has 3 amide bonds. The lowest BCUT2D eigenvalue weighted by molar-refractivity contribution is -0.139. The van der Waals surface area contributed by atoms with Crippen LogP contribution in [0.3, 0.4) is 0 Å². The molecule has 0 saturated heterocycles. The molecule has 22 heavy (non-hydrogen) atoms. The Hall–Kier alpha value is -2.61. The molecule has 0 fully saturated rings. The Morgan fingerprint density at radius 3 is 2.73 bits per heavy atom. The fraction of sp³-hybridized carbons (Fsp3) is 0.231. The molecule has 0 aliphatic heterocycles. The molecule has 118 valence electrons. The molecule has 0 heterocycles. The van der Waals surface area contributed by atoms with Gasteiger partial charge in [-0.15, -0.1) is 0 Å². The molecular weight excluding hydrogens is 312 g/mol. The summed E-state index contributed by atoms with van der Waals surface area (Å²) in [7, 11) is 0. The van der Waals surface area contributed by atoms with Gasteiger partial charge in [-0.2, -0.15) is 5.10 Å². The minimum Gasteiger partial charge on any atom is -0.483 e. The number of nitrogens with zero attached hydrogens (tertiary/aromatic N) is 1. The predicted octanol–water partition coefficient (Wildman–Crippen LogP) is -0.210. The standard InChI is InChI=1S/C13H15ClN4O4/c1-2-16-12(20)13(21)18-17-6-8-5-9(14)3-4-10(8)22-7-11(15)19/h3-6H,2,7H2,1H3,(H2,15,19)(H,16,20)(H,18,21)/b17-6-. The van der Waals surface area contributed by atoms with Gasteiger partial charge in [0.15, 0.2) is 6.61 Å². The highest BCUT2D eigenvalue weighted by Gasteiger charge is 2.10. The molecule has 1 aromatic carbocycles. The average Bonchev–Trinajstić information content (AvgIpc) is 2.46. The number of primary amides is 1. The summed E-state index contributed by atoms with van der Waals surface area (Å²) in [5.41, 5.74) is 7.46. The average molecular weight is 327 g/mol. The van der Waals surface area contributed by atoms with Crippen molar-refractivity contribution < 1.29 is 19.1 Å². The number of hydrazone groups is 1. The highest BCUT2D eigenvalue weighted by molar-refractivity contribution is 6.35. The van der Waals surface area contributed by atoms with Gasteiger partial charge in [-0.05, 0) is 25.1 Å². The topological polar surface area (TPSA) is 123 Å². The molecule has 0 aliphatic rings. The number of likely N-dealkylation sites (N-methyl/N-ethyl adjacent to an activating group) is 1. The Kier molecular flexibility index (Phi) is 6.84. The number of hydrogen-bond donors (Lipinski definition) is 3.